The van der Waals surface area contributed by atoms with Gasteiger partial charge in [-0.15, -0.1) is 0 Å². The van der Waals surface area contributed by atoms with Crippen LogP contribution in [0, 0.1) is 17.1 Å². The number of rotatable bonds is 4. The van der Waals surface area contributed by atoms with E-state index in [2.05, 4.69) is 26.7 Å². The number of nitriles is 1. The second kappa shape index (κ2) is 8.88. The summed E-state index contributed by atoms with van der Waals surface area (Å²) in [6, 6.07) is 11.4. The number of nitrogen functional groups attached to an aromatic ring is 1. The molecule has 1 saturated heterocycles. The minimum Gasteiger partial charge on any atom is -0.383 e. The number of anilines is 2. The number of aromatic nitrogens is 4. The van der Waals surface area contributed by atoms with Crippen molar-refractivity contribution in [2.45, 2.75) is 18.9 Å². The number of hydrogen-bond acceptors (Lipinski definition) is 7. The van der Waals surface area contributed by atoms with Crippen molar-refractivity contribution in [3.05, 3.63) is 65.7 Å². The molecule has 9 nitrogen and oxygen atoms in total. The highest BCUT2D eigenvalue weighted by molar-refractivity contribution is 6.05. The summed E-state index contributed by atoms with van der Waals surface area (Å²) in [5.74, 6) is -0.592. The maximum absolute atomic E-state index is 15.3. The molecule has 1 aromatic carbocycles. The average Bonchev–Trinajstić information content (AvgIpc) is 3.27. The Morgan fingerprint density at radius 2 is 2.18 bits per heavy atom. The number of nitrogens with zero attached hydrogens (tertiary/aromatic N) is 5. The molecule has 0 unspecified atom stereocenters. The van der Waals surface area contributed by atoms with Gasteiger partial charge < -0.3 is 16.4 Å². The minimum absolute atomic E-state index is 0.00890. The Morgan fingerprint density at radius 1 is 1.29 bits per heavy atom. The van der Waals surface area contributed by atoms with Gasteiger partial charge in [-0.05, 0) is 49.7 Å². The average molecular weight is 456 g/mol. The fraction of sp³-hybridized carbons (Fsp3) is 0.208. The fourth-order valence-corrected chi connectivity index (χ4v) is 4.25. The van der Waals surface area contributed by atoms with Crippen LogP contribution in [0.5, 0.6) is 0 Å². The number of halogens is 1. The zero-order valence-electron chi connectivity index (χ0n) is 18.1. The second-order valence-electron chi connectivity index (χ2n) is 8.05. The Kier molecular flexibility index (Phi) is 5.61. The fourth-order valence-electron chi connectivity index (χ4n) is 4.25. The van der Waals surface area contributed by atoms with E-state index in [4.69, 9.17) is 10.8 Å². The first kappa shape index (κ1) is 21.5. The molecule has 1 amide bonds. The van der Waals surface area contributed by atoms with E-state index in [9.17, 15) is 10.1 Å². The van der Waals surface area contributed by atoms with E-state index >= 15 is 4.39 Å². The van der Waals surface area contributed by atoms with Crippen LogP contribution in [-0.2, 0) is 0 Å². The smallest absolute Gasteiger partial charge is 0.256 e. The Labute approximate surface area is 194 Å². The van der Waals surface area contributed by atoms with E-state index in [0.717, 1.165) is 25.5 Å². The molecule has 0 saturated carbocycles. The normalized spacial score (nSPS) is 15.7. The van der Waals surface area contributed by atoms with Crippen molar-refractivity contribution in [1.29, 1.82) is 5.26 Å². The molecule has 1 aliphatic heterocycles. The maximum Gasteiger partial charge on any atom is 0.256 e. The first-order chi connectivity index (χ1) is 16.6. The standard InChI is InChI=1S/C24H21FN8O/c25-18-10-14(24(34)31-19-5-1-2-9-29-19)6-7-17(18)21-20-22(15(11-26)12-30-23(20)27)33(32-21)16-4-3-8-28-13-16/h1-2,5-7,9-10,12,16,28H,3-4,8,13H2,(H2,27,30)(H,29,31,34)/t16-/m1/s1. The lowest BCUT2D eigenvalue weighted by Gasteiger charge is -2.24. The molecule has 0 bridgehead atoms. The van der Waals surface area contributed by atoms with Crippen molar-refractivity contribution in [3.63, 3.8) is 0 Å². The molecule has 4 N–H and O–H groups in total. The van der Waals surface area contributed by atoms with Gasteiger partial charge in [0.25, 0.3) is 5.91 Å². The molecule has 1 atom stereocenters. The van der Waals surface area contributed by atoms with Crippen LogP contribution >= 0.6 is 0 Å². The summed E-state index contributed by atoms with van der Waals surface area (Å²) in [4.78, 5) is 20.8. The molecule has 1 fully saturated rings. The lowest BCUT2D eigenvalue weighted by atomic mass is 10.0. The molecule has 10 heteroatoms. The summed E-state index contributed by atoms with van der Waals surface area (Å²) < 4.78 is 17.1. The van der Waals surface area contributed by atoms with Gasteiger partial charge in [0.1, 0.15) is 29.2 Å². The van der Waals surface area contributed by atoms with E-state index in [1.165, 1.54) is 18.3 Å². The lowest BCUT2D eigenvalue weighted by molar-refractivity contribution is 0.102. The van der Waals surface area contributed by atoms with Crippen LogP contribution in [0.4, 0.5) is 16.0 Å². The van der Waals surface area contributed by atoms with Gasteiger partial charge in [0, 0.05) is 30.1 Å². The lowest BCUT2D eigenvalue weighted by Crippen LogP contribution is -2.32. The zero-order chi connectivity index (χ0) is 23.7. The molecule has 4 aromatic rings. The number of fused-ring (bicyclic) bond motifs is 1. The largest absolute Gasteiger partial charge is 0.383 e. The molecule has 0 spiro atoms. The van der Waals surface area contributed by atoms with Crippen LogP contribution in [0.1, 0.15) is 34.8 Å². The predicted octanol–water partition coefficient (Wildman–Crippen LogP) is 3.26. The number of piperidine rings is 1. The van der Waals surface area contributed by atoms with Crippen molar-refractivity contribution in [2.24, 2.45) is 0 Å². The number of benzene rings is 1. The van der Waals surface area contributed by atoms with E-state index in [0.29, 0.717) is 28.8 Å². The van der Waals surface area contributed by atoms with Crippen molar-refractivity contribution in [1.82, 2.24) is 25.1 Å². The molecule has 4 heterocycles. The number of amides is 1. The third kappa shape index (κ3) is 3.82. The van der Waals surface area contributed by atoms with Gasteiger partial charge in [-0.2, -0.15) is 10.4 Å². The van der Waals surface area contributed by atoms with E-state index in [1.807, 2.05) is 0 Å². The summed E-state index contributed by atoms with van der Waals surface area (Å²) in [6.45, 7) is 1.59. The Balaban J connectivity index is 1.59. The number of hydrogen-bond donors (Lipinski definition) is 3. The van der Waals surface area contributed by atoms with Gasteiger partial charge in [0.2, 0.25) is 0 Å². The minimum atomic E-state index is -0.635. The summed E-state index contributed by atoms with van der Waals surface area (Å²) >= 11 is 0. The van der Waals surface area contributed by atoms with Crippen LogP contribution in [0.15, 0.2) is 48.8 Å². The topological polar surface area (TPSA) is 135 Å². The third-order valence-corrected chi connectivity index (χ3v) is 5.88. The van der Waals surface area contributed by atoms with E-state index < -0.39 is 11.7 Å². The van der Waals surface area contributed by atoms with Gasteiger partial charge in [0.15, 0.2) is 0 Å². The molecule has 0 radical (unpaired) electrons. The number of carbonyl (C=O) groups excluding carboxylic acids is 1. The Bertz CT molecular complexity index is 1420. The number of carbonyl (C=O) groups is 1. The molecular formula is C24H21FN8O. The summed E-state index contributed by atoms with van der Waals surface area (Å²) in [5, 5.41) is 20.8. The highest BCUT2D eigenvalue weighted by Crippen LogP contribution is 2.36. The predicted molar refractivity (Wildman–Crippen MR) is 125 cm³/mol. The monoisotopic (exact) mass is 456 g/mol. The Hall–Kier alpha value is -4.36. The number of pyridine rings is 2. The summed E-state index contributed by atoms with van der Waals surface area (Å²) in [6.07, 6.45) is 4.79. The van der Waals surface area contributed by atoms with Crippen molar-refractivity contribution >= 4 is 28.4 Å². The van der Waals surface area contributed by atoms with Crippen LogP contribution < -0.4 is 16.4 Å². The number of nitrogens with two attached hydrogens (primary N) is 1. The third-order valence-electron chi connectivity index (χ3n) is 5.88. The second-order valence-corrected chi connectivity index (χ2v) is 8.05. The van der Waals surface area contributed by atoms with Gasteiger partial charge in [-0.1, -0.05) is 6.07 Å². The van der Waals surface area contributed by atoms with Gasteiger partial charge in [-0.25, -0.2) is 14.4 Å². The highest BCUT2D eigenvalue weighted by atomic mass is 19.1. The van der Waals surface area contributed by atoms with E-state index in [-0.39, 0.29) is 28.7 Å². The van der Waals surface area contributed by atoms with Gasteiger partial charge in [-0.3, -0.25) is 9.48 Å². The molecule has 3 aromatic heterocycles. The SMILES string of the molecule is N#Cc1cnc(N)c2c(-c3ccc(C(=O)Nc4ccccn4)cc3F)nn([C@@H]3CCCNC3)c12. The van der Waals surface area contributed by atoms with Crippen molar-refractivity contribution in [3.8, 4) is 17.3 Å². The summed E-state index contributed by atoms with van der Waals surface area (Å²) in [5.41, 5.74) is 7.64. The summed E-state index contributed by atoms with van der Waals surface area (Å²) in [7, 11) is 0. The van der Waals surface area contributed by atoms with Crippen molar-refractivity contribution < 1.29 is 9.18 Å². The molecular weight excluding hydrogens is 435 g/mol. The molecule has 0 aliphatic carbocycles. The first-order valence-electron chi connectivity index (χ1n) is 10.9. The zero-order valence-corrected chi connectivity index (χ0v) is 18.1. The highest BCUT2D eigenvalue weighted by Gasteiger charge is 2.26. The van der Waals surface area contributed by atoms with Gasteiger partial charge in [0.05, 0.1) is 22.5 Å². The molecule has 34 heavy (non-hydrogen) atoms. The van der Waals surface area contributed by atoms with Crippen LogP contribution in [0.2, 0.25) is 0 Å². The molecule has 170 valence electrons. The molecule has 1 aliphatic rings. The van der Waals surface area contributed by atoms with Gasteiger partial charge >= 0.3 is 0 Å². The maximum atomic E-state index is 15.3. The van der Waals surface area contributed by atoms with Crippen LogP contribution in [-0.4, -0.2) is 38.7 Å². The molecule has 5 rings (SSSR count). The van der Waals surface area contributed by atoms with Crippen molar-refractivity contribution in [2.75, 3.05) is 24.1 Å². The Morgan fingerprint density at radius 3 is 2.88 bits per heavy atom. The van der Waals surface area contributed by atoms with Crippen LogP contribution in [0.3, 0.4) is 0 Å². The van der Waals surface area contributed by atoms with E-state index in [1.54, 1.807) is 29.1 Å². The first-order valence-corrected chi connectivity index (χ1v) is 10.9. The number of nitrogens with one attached hydrogen (secondary N) is 2. The quantitative estimate of drug-likeness (QED) is 0.429. The van der Waals surface area contributed by atoms with Crippen LogP contribution in [0.25, 0.3) is 22.2 Å².